The molecule has 0 spiro atoms. The van der Waals surface area contributed by atoms with Gasteiger partial charge >= 0.3 is 0 Å². The Morgan fingerprint density at radius 2 is 1.10 bits per heavy atom. The Morgan fingerprint density at radius 1 is 0.700 bits per heavy atom. The van der Waals surface area contributed by atoms with Crippen LogP contribution in [0.25, 0.3) is 0 Å². The Morgan fingerprint density at radius 3 is 1.50 bits per heavy atom. The van der Waals surface area contributed by atoms with Crippen molar-refractivity contribution in [1.82, 2.24) is 0 Å². The maximum Gasteiger partial charge on any atom is 0.222 e. The van der Waals surface area contributed by atoms with Crippen LogP contribution in [-0.2, 0) is 15.3 Å². The number of phenolic OH excluding ortho intramolecular Hbond substituents is 2. The molecule has 2 aromatic carbocycles. The lowest BCUT2D eigenvalue weighted by atomic mass is 9.96. The molecule has 0 bridgehead atoms. The number of hydrogen-bond donors (Lipinski definition) is 2. The van der Waals surface area contributed by atoms with Crippen LogP contribution >= 0.6 is 0 Å². The first kappa shape index (κ1) is 13.0. The topological polar surface area (TPSA) is 58.9 Å². The molecule has 1 heterocycles. The number of hydrogen-bond acceptors (Lipinski definition) is 4. The second-order valence-corrected chi connectivity index (χ2v) is 4.76. The summed E-state index contributed by atoms with van der Waals surface area (Å²) in [6, 6.07) is 13.6. The molecule has 0 saturated carbocycles. The normalized spacial score (nSPS) is 17.8. The van der Waals surface area contributed by atoms with E-state index in [2.05, 4.69) is 0 Å². The van der Waals surface area contributed by atoms with Crippen molar-refractivity contribution >= 4 is 0 Å². The maximum atomic E-state index is 9.43. The first-order valence-corrected chi connectivity index (χ1v) is 6.58. The van der Waals surface area contributed by atoms with Crippen LogP contribution in [0.1, 0.15) is 17.5 Å². The number of aromatic hydroxyl groups is 2. The molecular formula is C16H16O4. The zero-order valence-electron chi connectivity index (χ0n) is 11.0. The predicted octanol–water partition coefficient (Wildman–Crippen LogP) is 2.74. The van der Waals surface area contributed by atoms with Crippen molar-refractivity contribution in [2.45, 2.75) is 12.2 Å². The van der Waals surface area contributed by atoms with Gasteiger partial charge in [0.25, 0.3) is 0 Å². The van der Waals surface area contributed by atoms with E-state index in [0.29, 0.717) is 13.2 Å². The summed E-state index contributed by atoms with van der Waals surface area (Å²) >= 11 is 0. The largest absolute Gasteiger partial charge is 0.508 e. The lowest BCUT2D eigenvalue weighted by Gasteiger charge is -2.38. The smallest absolute Gasteiger partial charge is 0.222 e. The van der Waals surface area contributed by atoms with Crippen LogP contribution in [0.4, 0.5) is 0 Å². The molecule has 104 valence electrons. The van der Waals surface area contributed by atoms with Gasteiger partial charge in [-0.25, -0.2) is 0 Å². The van der Waals surface area contributed by atoms with Crippen molar-refractivity contribution in [3.8, 4) is 11.5 Å². The molecule has 1 aliphatic heterocycles. The van der Waals surface area contributed by atoms with Gasteiger partial charge in [0.15, 0.2) is 0 Å². The van der Waals surface area contributed by atoms with E-state index < -0.39 is 5.79 Å². The molecule has 0 aliphatic carbocycles. The second kappa shape index (κ2) is 5.15. The third-order valence-corrected chi connectivity index (χ3v) is 3.39. The van der Waals surface area contributed by atoms with Crippen molar-refractivity contribution in [2.75, 3.05) is 13.2 Å². The Balaban J connectivity index is 2.08. The summed E-state index contributed by atoms with van der Waals surface area (Å²) in [4.78, 5) is 0. The third-order valence-electron chi connectivity index (χ3n) is 3.39. The zero-order valence-corrected chi connectivity index (χ0v) is 11.0. The first-order chi connectivity index (χ1) is 9.71. The number of ether oxygens (including phenoxy) is 2. The van der Waals surface area contributed by atoms with Crippen LogP contribution in [0.2, 0.25) is 0 Å². The first-order valence-electron chi connectivity index (χ1n) is 6.58. The van der Waals surface area contributed by atoms with Gasteiger partial charge in [-0.15, -0.1) is 0 Å². The van der Waals surface area contributed by atoms with Gasteiger partial charge in [-0.1, -0.05) is 0 Å². The standard InChI is InChI=1S/C16H16O4/c17-14-6-2-12(3-7-14)16(19-10-1-11-20-16)13-4-8-15(18)9-5-13/h2-9,17-18H,1,10-11H2. The van der Waals surface area contributed by atoms with Crippen LogP contribution in [-0.4, -0.2) is 23.4 Å². The number of benzene rings is 2. The van der Waals surface area contributed by atoms with Crippen molar-refractivity contribution in [3.05, 3.63) is 59.7 Å². The maximum absolute atomic E-state index is 9.43. The Hall–Kier alpha value is -2.04. The van der Waals surface area contributed by atoms with Crippen molar-refractivity contribution in [2.24, 2.45) is 0 Å². The predicted molar refractivity (Wildman–Crippen MR) is 73.5 cm³/mol. The summed E-state index contributed by atoms with van der Waals surface area (Å²) in [6.45, 7) is 1.20. The van der Waals surface area contributed by atoms with E-state index in [1.54, 1.807) is 48.5 Å². The molecule has 0 unspecified atom stereocenters. The van der Waals surface area contributed by atoms with Gasteiger partial charge < -0.3 is 19.7 Å². The molecular weight excluding hydrogens is 256 g/mol. The highest BCUT2D eigenvalue weighted by Gasteiger charge is 2.38. The summed E-state index contributed by atoms with van der Waals surface area (Å²) in [6.07, 6.45) is 0.845. The molecule has 0 radical (unpaired) electrons. The molecule has 0 amide bonds. The minimum absolute atomic E-state index is 0.199. The van der Waals surface area contributed by atoms with E-state index in [1.807, 2.05) is 0 Å². The Kier molecular flexibility index (Phi) is 3.34. The minimum Gasteiger partial charge on any atom is -0.508 e. The molecule has 2 N–H and O–H groups in total. The molecule has 0 aromatic heterocycles. The van der Waals surface area contributed by atoms with E-state index >= 15 is 0 Å². The van der Waals surface area contributed by atoms with E-state index in [1.165, 1.54) is 0 Å². The van der Waals surface area contributed by atoms with E-state index in [0.717, 1.165) is 17.5 Å². The molecule has 3 rings (SSSR count). The number of phenols is 2. The van der Waals surface area contributed by atoms with E-state index in [9.17, 15) is 10.2 Å². The summed E-state index contributed by atoms with van der Waals surface area (Å²) in [5.74, 6) is -0.574. The van der Waals surface area contributed by atoms with Crippen molar-refractivity contribution in [3.63, 3.8) is 0 Å². The summed E-state index contributed by atoms with van der Waals surface area (Å²) < 4.78 is 11.9. The fourth-order valence-electron chi connectivity index (χ4n) is 2.39. The monoisotopic (exact) mass is 272 g/mol. The molecule has 1 saturated heterocycles. The number of rotatable bonds is 2. The summed E-state index contributed by atoms with van der Waals surface area (Å²) in [5, 5.41) is 18.9. The quantitative estimate of drug-likeness (QED) is 0.882. The summed E-state index contributed by atoms with van der Waals surface area (Å²) in [7, 11) is 0. The fourth-order valence-corrected chi connectivity index (χ4v) is 2.39. The highest BCUT2D eigenvalue weighted by molar-refractivity contribution is 5.39. The molecule has 0 atom stereocenters. The molecule has 1 fully saturated rings. The van der Waals surface area contributed by atoms with Crippen molar-refractivity contribution < 1.29 is 19.7 Å². The fraction of sp³-hybridized carbons (Fsp3) is 0.250. The highest BCUT2D eigenvalue weighted by Crippen LogP contribution is 2.38. The average Bonchev–Trinajstić information content (AvgIpc) is 2.49. The van der Waals surface area contributed by atoms with Crippen LogP contribution in [0.3, 0.4) is 0 Å². The zero-order chi connectivity index (χ0) is 14.0. The molecule has 2 aromatic rings. The van der Waals surface area contributed by atoms with Crippen LogP contribution in [0.15, 0.2) is 48.5 Å². The van der Waals surface area contributed by atoms with Crippen LogP contribution < -0.4 is 0 Å². The Bertz CT molecular complexity index is 521. The van der Waals surface area contributed by atoms with Crippen molar-refractivity contribution in [1.29, 1.82) is 0 Å². The van der Waals surface area contributed by atoms with Gasteiger partial charge in [0.05, 0.1) is 13.2 Å². The van der Waals surface area contributed by atoms with Gasteiger partial charge in [-0.05, 0) is 55.0 Å². The molecule has 20 heavy (non-hydrogen) atoms. The SMILES string of the molecule is Oc1ccc(C2(c3ccc(O)cc3)OCCCO2)cc1. The lowest BCUT2D eigenvalue weighted by molar-refractivity contribution is -0.249. The third kappa shape index (κ3) is 2.24. The van der Waals surface area contributed by atoms with E-state index in [4.69, 9.17) is 9.47 Å². The lowest BCUT2D eigenvalue weighted by Crippen LogP contribution is -2.39. The second-order valence-electron chi connectivity index (χ2n) is 4.76. The molecule has 1 aliphatic rings. The van der Waals surface area contributed by atoms with Gasteiger partial charge in [-0.3, -0.25) is 0 Å². The highest BCUT2D eigenvalue weighted by atomic mass is 16.7. The molecule has 4 nitrogen and oxygen atoms in total. The van der Waals surface area contributed by atoms with Gasteiger partial charge in [0, 0.05) is 11.1 Å². The van der Waals surface area contributed by atoms with Gasteiger partial charge in [0.1, 0.15) is 11.5 Å². The van der Waals surface area contributed by atoms with Crippen LogP contribution in [0.5, 0.6) is 11.5 Å². The molecule has 4 heteroatoms. The van der Waals surface area contributed by atoms with E-state index in [-0.39, 0.29) is 11.5 Å². The summed E-state index contributed by atoms with van der Waals surface area (Å²) in [5.41, 5.74) is 1.64. The Labute approximate surface area is 117 Å². The average molecular weight is 272 g/mol. The van der Waals surface area contributed by atoms with Gasteiger partial charge in [0.2, 0.25) is 5.79 Å². The van der Waals surface area contributed by atoms with Gasteiger partial charge in [-0.2, -0.15) is 0 Å². The van der Waals surface area contributed by atoms with Crippen LogP contribution in [0, 0.1) is 0 Å². The minimum atomic E-state index is -0.973.